The molecule has 0 aliphatic rings. The first-order valence-corrected chi connectivity index (χ1v) is 5.03. The molecule has 0 saturated heterocycles. The quantitative estimate of drug-likeness (QED) is 0.698. The van der Waals surface area contributed by atoms with Gasteiger partial charge in [-0.15, -0.1) is 0 Å². The van der Waals surface area contributed by atoms with Gasteiger partial charge in [0.15, 0.2) is 0 Å². The van der Waals surface area contributed by atoms with Crippen molar-refractivity contribution in [3.63, 3.8) is 0 Å². The summed E-state index contributed by atoms with van der Waals surface area (Å²) in [7, 11) is 0. The summed E-state index contributed by atoms with van der Waals surface area (Å²) in [5.74, 6) is -1.11. The average molecular weight is 249 g/mol. The van der Waals surface area contributed by atoms with Crippen molar-refractivity contribution in [2.24, 2.45) is 0 Å². The van der Waals surface area contributed by atoms with Crippen LogP contribution in [0.2, 0.25) is 0 Å². The lowest BCUT2D eigenvalue weighted by Crippen LogP contribution is -2.09. The Hall–Kier alpha value is -0.440. The molecule has 0 radical (unpaired) electrons. The first kappa shape index (κ1) is 10.6. The molecule has 13 heavy (non-hydrogen) atoms. The summed E-state index contributed by atoms with van der Waals surface area (Å²) in [6, 6.07) is 3.94. The number of hydrogen-bond acceptors (Lipinski definition) is 0. The van der Waals surface area contributed by atoms with E-state index in [-0.39, 0.29) is 16.3 Å². The highest BCUT2D eigenvalue weighted by atomic mass is 79.9. The van der Waals surface area contributed by atoms with Gasteiger partial charge in [0.2, 0.25) is 0 Å². The minimum atomic E-state index is -0.473. The summed E-state index contributed by atoms with van der Waals surface area (Å²) in [5.41, 5.74) is 0.159. The van der Waals surface area contributed by atoms with Crippen LogP contribution in [0.1, 0.15) is 25.3 Å². The van der Waals surface area contributed by atoms with Gasteiger partial charge in [-0.1, -0.05) is 35.8 Å². The van der Waals surface area contributed by atoms with E-state index < -0.39 is 11.6 Å². The minimum absolute atomic E-state index is 0.0545. The molecule has 1 rings (SSSR count). The summed E-state index contributed by atoms with van der Waals surface area (Å²) >= 11 is 3.31. The van der Waals surface area contributed by atoms with Gasteiger partial charge in [0.05, 0.1) is 0 Å². The molecule has 0 aliphatic carbocycles. The third kappa shape index (κ3) is 2.27. The van der Waals surface area contributed by atoms with Gasteiger partial charge in [-0.05, 0) is 18.1 Å². The largest absolute Gasteiger partial charge is 0.207 e. The second-order valence-electron chi connectivity index (χ2n) is 3.10. The number of rotatable bonds is 2. The molecule has 0 saturated carbocycles. The fourth-order valence-corrected chi connectivity index (χ4v) is 1.44. The van der Waals surface area contributed by atoms with Gasteiger partial charge in [0.1, 0.15) is 11.6 Å². The molecule has 0 N–H and O–H groups in total. The Balaban J connectivity index is 3.12. The van der Waals surface area contributed by atoms with Crippen LogP contribution < -0.4 is 0 Å². The third-order valence-electron chi connectivity index (χ3n) is 2.14. The van der Waals surface area contributed by atoms with Crippen LogP contribution in [0.5, 0.6) is 0 Å². The van der Waals surface area contributed by atoms with E-state index in [9.17, 15) is 8.78 Å². The topological polar surface area (TPSA) is 0 Å². The smallest absolute Gasteiger partial charge is 0.129 e. The Morgan fingerprint density at radius 1 is 1.15 bits per heavy atom. The van der Waals surface area contributed by atoms with Crippen molar-refractivity contribution in [3.8, 4) is 0 Å². The van der Waals surface area contributed by atoms with Crippen LogP contribution in [0, 0.1) is 11.6 Å². The van der Waals surface area contributed by atoms with Gasteiger partial charge in [-0.3, -0.25) is 0 Å². The number of halogens is 3. The molecule has 0 bridgehead atoms. The van der Waals surface area contributed by atoms with E-state index in [0.717, 1.165) is 0 Å². The highest BCUT2D eigenvalue weighted by Crippen LogP contribution is 2.28. The standard InChI is InChI=1S/C10H11BrF2/c1-6(7(2)11)10-8(12)4-3-5-9(10)13/h3-7H,1-2H3. The molecule has 0 fully saturated rings. The maximum absolute atomic E-state index is 13.2. The highest BCUT2D eigenvalue weighted by molar-refractivity contribution is 9.09. The SMILES string of the molecule is CC(Br)C(C)c1c(F)cccc1F. The molecule has 0 nitrogen and oxygen atoms in total. The van der Waals surface area contributed by atoms with Gasteiger partial charge in [-0.25, -0.2) is 8.78 Å². The lowest BCUT2D eigenvalue weighted by atomic mass is 9.97. The van der Waals surface area contributed by atoms with Gasteiger partial charge in [0, 0.05) is 10.4 Å². The number of alkyl halides is 1. The molecular formula is C10H11BrF2. The first-order valence-electron chi connectivity index (χ1n) is 4.12. The predicted molar refractivity (Wildman–Crippen MR) is 53.2 cm³/mol. The summed E-state index contributed by atoms with van der Waals surface area (Å²) in [6.45, 7) is 3.66. The van der Waals surface area contributed by atoms with Crippen LogP contribution in [0.3, 0.4) is 0 Å². The van der Waals surface area contributed by atoms with Crippen LogP contribution >= 0.6 is 15.9 Å². The molecular weight excluding hydrogens is 238 g/mol. The molecule has 3 heteroatoms. The summed E-state index contributed by atoms with van der Waals surface area (Å²) in [6.07, 6.45) is 0. The Morgan fingerprint density at radius 2 is 1.62 bits per heavy atom. The molecule has 72 valence electrons. The van der Waals surface area contributed by atoms with Crippen molar-refractivity contribution in [2.75, 3.05) is 0 Å². The van der Waals surface area contributed by atoms with Gasteiger partial charge in [-0.2, -0.15) is 0 Å². The van der Waals surface area contributed by atoms with Crippen LogP contribution in [-0.2, 0) is 0 Å². The zero-order chi connectivity index (χ0) is 10.0. The zero-order valence-electron chi connectivity index (χ0n) is 7.52. The van der Waals surface area contributed by atoms with Gasteiger partial charge in [0.25, 0.3) is 0 Å². The molecule has 2 unspecified atom stereocenters. The Morgan fingerprint density at radius 3 is 2.00 bits per heavy atom. The van der Waals surface area contributed by atoms with Gasteiger partial charge >= 0.3 is 0 Å². The Kier molecular flexibility index (Phi) is 3.42. The fraction of sp³-hybridized carbons (Fsp3) is 0.400. The monoisotopic (exact) mass is 248 g/mol. The van der Waals surface area contributed by atoms with E-state index in [4.69, 9.17) is 0 Å². The lowest BCUT2D eigenvalue weighted by Gasteiger charge is -2.15. The molecule has 1 aromatic rings. The molecule has 2 atom stereocenters. The van der Waals surface area contributed by atoms with Crippen LogP contribution in [0.25, 0.3) is 0 Å². The molecule has 0 spiro atoms. The molecule has 0 aliphatic heterocycles. The Bertz CT molecular complexity index is 277. The van der Waals surface area contributed by atoms with Crippen molar-refractivity contribution in [1.82, 2.24) is 0 Å². The number of benzene rings is 1. The molecule has 0 aromatic heterocycles. The van der Waals surface area contributed by atoms with E-state index in [1.54, 1.807) is 6.92 Å². The summed E-state index contributed by atoms with van der Waals surface area (Å²) < 4.78 is 26.4. The molecule has 0 heterocycles. The van der Waals surface area contributed by atoms with E-state index in [0.29, 0.717) is 0 Å². The van der Waals surface area contributed by atoms with E-state index in [2.05, 4.69) is 15.9 Å². The maximum atomic E-state index is 13.2. The third-order valence-corrected chi connectivity index (χ3v) is 2.94. The lowest BCUT2D eigenvalue weighted by molar-refractivity contribution is 0.532. The van der Waals surface area contributed by atoms with Crippen LogP contribution in [-0.4, -0.2) is 4.83 Å². The van der Waals surface area contributed by atoms with E-state index >= 15 is 0 Å². The Labute approximate surface area is 85.1 Å². The van der Waals surface area contributed by atoms with Crippen molar-refractivity contribution in [1.29, 1.82) is 0 Å². The van der Waals surface area contributed by atoms with E-state index in [1.165, 1.54) is 18.2 Å². The van der Waals surface area contributed by atoms with Crippen LogP contribution in [0.15, 0.2) is 18.2 Å². The number of hydrogen-bond donors (Lipinski definition) is 0. The van der Waals surface area contributed by atoms with E-state index in [1.807, 2.05) is 6.92 Å². The predicted octanol–water partition coefficient (Wildman–Crippen LogP) is 3.85. The fourth-order valence-electron chi connectivity index (χ4n) is 1.18. The van der Waals surface area contributed by atoms with Crippen LogP contribution in [0.4, 0.5) is 8.78 Å². The maximum Gasteiger partial charge on any atom is 0.129 e. The molecule has 1 aromatic carbocycles. The zero-order valence-corrected chi connectivity index (χ0v) is 9.11. The average Bonchev–Trinajstić information content (AvgIpc) is 2.03. The summed E-state index contributed by atoms with van der Waals surface area (Å²) in [5, 5.41) is 0. The second kappa shape index (κ2) is 4.18. The van der Waals surface area contributed by atoms with Crippen molar-refractivity contribution < 1.29 is 8.78 Å². The minimum Gasteiger partial charge on any atom is -0.207 e. The first-order chi connectivity index (χ1) is 6.04. The molecule has 0 amide bonds. The van der Waals surface area contributed by atoms with Gasteiger partial charge < -0.3 is 0 Å². The summed E-state index contributed by atoms with van der Waals surface area (Å²) in [4.78, 5) is 0.0545. The normalized spacial score (nSPS) is 15.5. The van der Waals surface area contributed by atoms with Crippen molar-refractivity contribution in [3.05, 3.63) is 35.4 Å². The second-order valence-corrected chi connectivity index (χ2v) is 4.55. The van der Waals surface area contributed by atoms with Crippen molar-refractivity contribution in [2.45, 2.75) is 24.6 Å². The highest BCUT2D eigenvalue weighted by Gasteiger charge is 2.19. The van der Waals surface area contributed by atoms with Crippen molar-refractivity contribution >= 4 is 15.9 Å².